The Labute approximate surface area is 191 Å². The Balaban J connectivity index is 1.43. The van der Waals surface area contributed by atoms with Gasteiger partial charge in [0.05, 0.1) is 23.2 Å². The maximum atomic E-state index is 13.0. The van der Waals surface area contributed by atoms with E-state index in [1.807, 2.05) is 41.5 Å². The van der Waals surface area contributed by atoms with Crippen molar-refractivity contribution in [2.24, 2.45) is 7.05 Å². The fourth-order valence-corrected chi connectivity index (χ4v) is 5.16. The first kappa shape index (κ1) is 20.8. The summed E-state index contributed by atoms with van der Waals surface area (Å²) in [4.78, 5) is 22.0. The number of fused-ring (bicyclic) bond motifs is 1. The van der Waals surface area contributed by atoms with Gasteiger partial charge in [-0.1, -0.05) is 37.1 Å². The van der Waals surface area contributed by atoms with Gasteiger partial charge in [0.25, 0.3) is 5.91 Å². The summed E-state index contributed by atoms with van der Waals surface area (Å²) in [5, 5.41) is 16.2. The Morgan fingerprint density at radius 3 is 2.78 bits per heavy atom. The maximum absolute atomic E-state index is 13.0. The van der Waals surface area contributed by atoms with E-state index in [4.69, 9.17) is 0 Å². The molecule has 3 aromatic heterocycles. The van der Waals surface area contributed by atoms with Crippen molar-refractivity contribution in [3.8, 4) is 10.6 Å². The third-order valence-corrected chi connectivity index (χ3v) is 7.04. The monoisotopic (exact) mass is 446 g/mol. The van der Waals surface area contributed by atoms with Crippen molar-refractivity contribution in [3.05, 3.63) is 71.0 Å². The van der Waals surface area contributed by atoms with Gasteiger partial charge in [0.1, 0.15) is 10.7 Å². The van der Waals surface area contributed by atoms with E-state index in [9.17, 15) is 9.90 Å². The van der Waals surface area contributed by atoms with Gasteiger partial charge < -0.3 is 15.0 Å². The van der Waals surface area contributed by atoms with Crippen LogP contribution in [-0.2, 0) is 13.5 Å². The molecule has 0 radical (unpaired) electrons. The van der Waals surface area contributed by atoms with Crippen LogP contribution in [0.25, 0.3) is 21.6 Å². The Morgan fingerprint density at radius 2 is 2.03 bits per heavy atom. The molecular weight excluding hydrogens is 420 g/mol. The molecule has 5 rings (SSSR count). The summed E-state index contributed by atoms with van der Waals surface area (Å²) < 4.78 is 2.05. The molecular formula is C25H26N4O2S. The highest BCUT2D eigenvalue weighted by molar-refractivity contribution is 7.13. The number of amides is 1. The van der Waals surface area contributed by atoms with E-state index >= 15 is 0 Å². The Bertz CT molecular complexity index is 1230. The van der Waals surface area contributed by atoms with Crippen LogP contribution in [0.15, 0.2) is 54.2 Å². The standard InChI is InChI=1S/C25H26N4O2S/c1-29-12-10-20-23(29)18(14-16-6-8-17(9-7-16)25-26-11-13-32-25)15-21(27-20)24(31)28-19-4-2-3-5-22(19)30/h6-13,15,19,22,30H,2-5,14H2,1H3,(H,28,31)/t19-,22-/m0/s1. The fourth-order valence-electron chi connectivity index (χ4n) is 4.52. The zero-order valence-corrected chi connectivity index (χ0v) is 18.8. The van der Waals surface area contributed by atoms with Gasteiger partial charge in [-0.15, -0.1) is 11.3 Å². The molecule has 7 heteroatoms. The Morgan fingerprint density at radius 1 is 1.22 bits per heavy atom. The van der Waals surface area contributed by atoms with Crippen molar-refractivity contribution in [2.45, 2.75) is 44.2 Å². The van der Waals surface area contributed by atoms with Crippen LogP contribution in [0.1, 0.15) is 47.3 Å². The molecule has 4 aromatic rings. The zero-order chi connectivity index (χ0) is 22.1. The van der Waals surface area contributed by atoms with Gasteiger partial charge in [-0.3, -0.25) is 4.79 Å². The number of carbonyl (C=O) groups is 1. The van der Waals surface area contributed by atoms with E-state index in [0.29, 0.717) is 12.1 Å². The first-order valence-electron chi connectivity index (χ1n) is 11.0. The maximum Gasteiger partial charge on any atom is 0.270 e. The quantitative estimate of drug-likeness (QED) is 0.478. The predicted octanol–water partition coefficient (Wildman–Crippen LogP) is 4.32. The van der Waals surface area contributed by atoms with Gasteiger partial charge in [0, 0.05) is 30.4 Å². The molecule has 1 saturated carbocycles. The first-order valence-corrected chi connectivity index (χ1v) is 11.9. The molecule has 1 aliphatic carbocycles. The number of rotatable bonds is 5. The van der Waals surface area contributed by atoms with Gasteiger partial charge in [0.15, 0.2) is 0 Å². The minimum Gasteiger partial charge on any atom is -0.391 e. The highest BCUT2D eigenvalue weighted by Gasteiger charge is 2.25. The summed E-state index contributed by atoms with van der Waals surface area (Å²) in [6, 6.07) is 12.0. The smallest absolute Gasteiger partial charge is 0.270 e. The molecule has 32 heavy (non-hydrogen) atoms. The van der Waals surface area contributed by atoms with E-state index < -0.39 is 6.10 Å². The second-order valence-electron chi connectivity index (χ2n) is 8.47. The number of nitrogens with zero attached hydrogens (tertiary/aromatic N) is 3. The minimum absolute atomic E-state index is 0.202. The highest BCUT2D eigenvalue weighted by Crippen LogP contribution is 2.26. The van der Waals surface area contributed by atoms with Crippen LogP contribution < -0.4 is 5.32 Å². The van der Waals surface area contributed by atoms with Crippen molar-refractivity contribution in [3.63, 3.8) is 0 Å². The van der Waals surface area contributed by atoms with Crippen LogP contribution in [0.4, 0.5) is 0 Å². The van der Waals surface area contributed by atoms with Crippen molar-refractivity contribution in [2.75, 3.05) is 0 Å². The predicted molar refractivity (Wildman–Crippen MR) is 127 cm³/mol. The van der Waals surface area contributed by atoms with Gasteiger partial charge in [-0.05, 0) is 42.5 Å². The number of hydrogen-bond acceptors (Lipinski definition) is 5. The van der Waals surface area contributed by atoms with Crippen LogP contribution in [0, 0.1) is 0 Å². The number of benzene rings is 1. The average molecular weight is 447 g/mol. The first-order chi connectivity index (χ1) is 15.6. The molecule has 0 bridgehead atoms. The molecule has 1 amide bonds. The molecule has 0 aliphatic heterocycles. The van der Waals surface area contributed by atoms with Crippen LogP contribution in [0.5, 0.6) is 0 Å². The number of aliphatic hydroxyl groups excluding tert-OH is 1. The summed E-state index contributed by atoms with van der Waals surface area (Å²) in [5.74, 6) is -0.220. The average Bonchev–Trinajstić information content (AvgIpc) is 3.46. The third kappa shape index (κ3) is 4.18. The Kier molecular flexibility index (Phi) is 5.76. The van der Waals surface area contributed by atoms with Crippen LogP contribution >= 0.6 is 11.3 Å². The number of hydrogen-bond donors (Lipinski definition) is 2. The second kappa shape index (κ2) is 8.84. The fraction of sp³-hybridized carbons (Fsp3) is 0.320. The summed E-state index contributed by atoms with van der Waals surface area (Å²) >= 11 is 1.63. The molecule has 6 nitrogen and oxygen atoms in total. The molecule has 1 fully saturated rings. The van der Waals surface area contributed by atoms with Gasteiger partial charge in [0.2, 0.25) is 0 Å². The number of aryl methyl sites for hydroxylation is 1. The summed E-state index contributed by atoms with van der Waals surface area (Å²) in [5.41, 5.74) is 5.55. The lowest BCUT2D eigenvalue weighted by molar-refractivity contribution is 0.0714. The molecule has 0 unspecified atom stereocenters. The highest BCUT2D eigenvalue weighted by atomic mass is 32.1. The van der Waals surface area contributed by atoms with Gasteiger partial charge >= 0.3 is 0 Å². The number of nitrogens with one attached hydrogen (secondary N) is 1. The number of aromatic nitrogens is 3. The normalized spacial score (nSPS) is 18.7. The molecule has 164 valence electrons. The van der Waals surface area contributed by atoms with Crippen LogP contribution in [0.3, 0.4) is 0 Å². The van der Waals surface area contributed by atoms with Crippen LogP contribution in [-0.4, -0.2) is 37.7 Å². The third-order valence-electron chi connectivity index (χ3n) is 6.21. The summed E-state index contributed by atoms with van der Waals surface area (Å²) in [7, 11) is 2.00. The van der Waals surface area contributed by atoms with Crippen molar-refractivity contribution >= 4 is 28.3 Å². The summed E-state index contributed by atoms with van der Waals surface area (Å²) in [6.07, 6.45) is 7.57. The van der Waals surface area contributed by atoms with Gasteiger partial charge in [-0.2, -0.15) is 0 Å². The lowest BCUT2D eigenvalue weighted by Crippen LogP contribution is -2.45. The molecule has 1 aromatic carbocycles. The number of pyridine rings is 1. The molecule has 0 saturated heterocycles. The van der Waals surface area contributed by atoms with E-state index in [0.717, 1.165) is 58.4 Å². The van der Waals surface area contributed by atoms with Crippen molar-refractivity contribution < 1.29 is 9.90 Å². The largest absolute Gasteiger partial charge is 0.391 e. The number of carbonyl (C=O) groups excluding carboxylic acids is 1. The summed E-state index contributed by atoms with van der Waals surface area (Å²) in [6.45, 7) is 0. The van der Waals surface area contributed by atoms with E-state index in [1.54, 1.807) is 11.3 Å². The molecule has 3 heterocycles. The molecule has 1 aliphatic rings. The lowest BCUT2D eigenvalue weighted by Gasteiger charge is -2.28. The number of aliphatic hydroxyl groups is 1. The second-order valence-corrected chi connectivity index (χ2v) is 9.36. The molecule has 2 atom stereocenters. The van der Waals surface area contributed by atoms with Gasteiger partial charge in [-0.25, -0.2) is 9.97 Å². The topological polar surface area (TPSA) is 80.0 Å². The Hall–Kier alpha value is -3.03. The lowest BCUT2D eigenvalue weighted by atomic mass is 9.92. The molecule has 0 spiro atoms. The zero-order valence-electron chi connectivity index (χ0n) is 18.0. The molecule has 2 N–H and O–H groups in total. The minimum atomic E-state index is -0.482. The van der Waals surface area contributed by atoms with E-state index in [-0.39, 0.29) is 11.9 Å². The van der Waals surface area contributed by atoms with Crippen molar-refractivity contribution in [1.29, 1.82) is 0 Å². The van der Waals surface area contributed by atoms with E-state index in [2.05, 4.69) is 39.6 Å². The van der Waals surface area contributed by atoms with E-state index in [1.165, 1.54) is 0 Å². The van der Waals surface area contributed by atoms with Crippen LogP contribution in [0.2, 0.25) is 0 Å². The van der Waals surface area contributed by atoms with Crippen molar-refractivity contribution in [1.82, 2.24) is 19.9 Å². The number of thiazole rings is 1. The SMILES string of the molecule is Cn1ccc2nc(C(=O)N[C@H]3CCCC[C@@H]3O)cc(Cc3ccc(-c4nccs4)cc3)c21.